The maximum absolute atomic E-state index is 11.7. The molecule has 1 amide bonds. The Labute approximate surface area is 147 Å². The molecule has 2 heterocycles. The minimum atomic E-state index is 0.0824. The van der Waals surface area contributed by atoms with Gasteiger partial charge in [-0.2, -0.15) is 0 Å². The fourth-order valence-corrected chi connectivity index (χ4v) is 7.13. The SMILES string of the molecule is CC[C@@](C)(CC[C@H]1CCC[I-]1)N(C=O)CCCN1CCCC1. The summed E-state index contributed by atoms with van der Waals surface area (Å²) in [6.45, 7) is 9.18. The summed E-state index contributed by atoms with van der Waals surface area (Å²) in [7, 11) is 0. The Morgan fingerprint density at radius 1 is 1.32 bits per heavy atom. The Morgan fingerprint density at radius 3 is 2.68 bits per heavy atom. The molecule has 2 aliphatic heterocycles. The molecular formula is C18H34IN2O-. The summed E-state index contributed by atoms with van der Waals surface area (Å²) < 4.78 is 2.56. The van der Waals surface area contributed by atoms with Gasteiger partial charge in [0.05, 0.1) is 0 Å². The van der Waals surface area contributed by atoms with Gasteiger partial charge in [0.25, 0.3) is 0 Å². The van der Waals surface area contributed by atoms with Crippen LogP contribution in [0, 0.1) is 0 Å². The number of rotatable bonds is 10. The van der Waals surface area contributed by atoms with Crippen LogP contribution in [0.15, 0.2) is 0 Å². The summed E-state index contributed by atoms with van der Waals surface area (Å²) in [6, 6.07) is 0. The van der Waals surface area contributed by atoms with Crippen molar-refractivity contribution < 1.29 is 26.0 Å². The van der Waals surface area contributed by atoms with Crippen molar-refractivity contribution in [2.45, 2.75) is 74.7 Å². The van der Waals surface area contributed by atoms with Gasteiger partial charge in [-0.05, 0) is 0 Å². The Hall–Kier alpha value is 0.160. The Bertz CT molecular complexity index is 327. The molecule has 0 bridgehead atoms. The molecule has 2 aliphatic rings. The van der Waals surface area contributed by atoms with Gasteiger partial charge in [-0.15, -0.1) is 0 Å². The summed E-state index contributed by atoms with van der Waals surface area (Å²) in [5.74, 6) is 0. The molecule has 0 radical (unpaired) electrons. The van der Waals surface area contributed by atoms with Crippen LogP contribution >= 0.6 is 0 Å². The average molecular weight is 421 g/mol. The van der Waals surface area contributed by atoms with Crippen molar-refractivity contribution in [3.8, 4) is 0 Å². The van der Waals surface area contributed by atoms with E-state index in [1.165, 1.54) is 56.0 Å². The first-order valence-electron chi connectivity index (χ1n) is 9.20. The van der Waals surface area contributed by atoms with Gasteiger partial charge in [0.15, 0.2) is 0 Å². The van der Waals surface area contributed by atoms with E-state index in [4.69, 9.17) is 0 Å². The van der Waals surface area contributed by atoms with Gasteiger partial charge in [-0.25, -0.2) is 0 Å². The predicted octanol–water partition coefficient (Wildman–Crippen LogP) is 0.131. The zero-order valence-corrected chi connectivity index (χ0v) is 16.7. The quantitative estimate of drug-likeness (QED) is 0.285. The number of nitrogens with zero attached hydrogens (tertiary/aromatic N) is 2. The molecule has 0 aromatic rings. The van der Waals surface area contributed by atoms with Gasteiger partial charge in [-0.1, -0.05) is 0 Å². The number of likely N-dealkylation sites (tertiary alicyclic amines) is 1. The molecule has 0 N–H and O–H groups in total. The van der Waals surface area contributed by atoms with Crippen LogP contribution in [-0.2, 0) is 4.79 Å². The van der Waals surface area contributed by atoms with Crippen molar-refractivity contribution in [2.24, 2.45) is 0 Å². The summed E-state index contributed by atoms with van der Waals surface area (Å²) in [6.07, 6.45) is 11.5. The molecule has 130 valence electrons. The zero-order chi connectivity index (χ0) is 15.8. The summed E-state index contributed by atoms with van der Waals surface area (Å²) in [5, 5.41) is 0. The number of hydrogen-bond donors (Lipinski definition) is 0. The molecule has 0 aromatic carbocycles. The monoisotopic (exact) mass is 421 g/mol. The molecule has 0 aromatic heterocycles. The standard InChI is InChI=1S/C18H34IN2O/c1-3-18(2,10-9-17-8-6-11-19-17)21(16-22)15-7-14-20-12-4-5-13-20/h16-17H,3-15H2,1-2H3/q-1/t17-,18+/m1/s1. The van der Waals surface area contributed by atoms with Gasteiger partial charge in [0, 0.05) is 0 Å². The van der Waals surface area contributed by atoms with Gasteiger partial charge in [0.2, 0.25) is 0 Å². The van der Waals surface area contributed by atoms with E-state index in [2.05, 4.69) is 23.6 Å². The van der Waals surface area contributed by atoms with Crippen LogP contribution in [0.1, 0.15) is 65.2 Å². The Morgan fingerprint density at radius 2 is 2.09 bits per heavy atom. The van der Waals surface area contributed by atoms with E-state index >= 15 is 0 Å². The molecule has 2 atom stereocenters. The van der Waals surface area contributed by atoms with Gasteiger partial charge in [-0.3, -0.25) is 0 Å². The van der Waals surface area contributed by atoms with E-state index in [1.807, 2.05) is 0 Å². The molecule has 4 heteroatoms. The number of hydrogen-bond acceptors (Lipinski definition) is 2. The third kappa shape index (κ3) is 5.36. The van der Waals surface area contributed by atoms with E-state index in [0.29, 0.717) is 21.2 Å². The van der Waals surface area contributed by atoms with Crippen LogP contribution in [0.4, 0.5) is 0 Å². The molecule has 2 saturated heterocycles. The number of alkyl halides is 2. The number of halogens is 1. The molecule has 0 spiro atoms. The maximum atomic E-state index is 11.7. The molecule has 22 heavy (non-hydrogen) atoms. The van der Waals surface area contributed by atoms with Crippen LogP contribution in [0.3, 0.4) is 0 Å². The van der Waals surface area contributed by atoms with Crippen LogP contribution in [0.2, 0.25) is 0 Å². The minimum absolute atomic E-state index is 0.0824. The second-order valence-electron chi connectivity index (χ2n) is 7.17. The van der Waals surface area contributed by atoms with Crippen LogP contribution in [0.25, 0.3) is 0 Å². The molecule has 2 rings (SSSR count). The summed E-state index contributed by atoms with van der Waals surface area (Å²) >= 11 is 0.460. The Balaban J connectivity index is 1.76. The summed E-state index contributed by atoms with van der Waals surface area (Å²) in [4.78, 5) is 16.3. The van der Waals surface area contributed by atoms with Crippen molar-refractivity contribution >= 4 is 6.41 Å². The van der Waals surface area contributed by atoms with Crippen molar-refractivity contribution in [1.82, 2.24) is 9.80 Å². The van der Waals surface area contributed by atoms with E-state index in [0.717, 1.165) is 36.3 Å². The summed E-state index contributed by atoms with van der Waals surface area (Å²) in [5.41, 5.74) is 0.0824. The second-order valence-corrected chi connectivity index (χ2v) is 10.9. The molecule has 0 unspecified atom stereocenters. The third-order valence-electron chi connectivity index (χ3n) is 5.63. The molecular weight excluding hydrogens is 387 g/mol. The van der Waals surface area contributed by atoms with Gasteiger partial charge >= 0.3 is 147 Å². The van der Waals surface area contributed by atoms with Crippen molar-refractivity contribution in [2.75, 3.05) is 30.6 Å². The average Bonchev–Trinajstić information content (AvgIpc) is 3.22. The fourth-order valence-electron chi connectivity index (χ4n) is 3.74. The molecule has 0 aliphatic carbocycles. The first kappa shape index (κ1) is 18.5. The van der Waals surface area contributed by atoms with E-state index < -0.39 is 0 Å². The Kier molecular flexibility index (Phi) is 7.95. The first-order valence-corrected chi connectivity index (χ1v) is 12.0. The number of amides is 1. The van der Waals surface area contributed by atoms with E-state index in [9.17, 15) is 4.79 Å². The fraction of sp³-hybridized carbons (Fsp3) is 0.944. The van der Waals surface area contributed by atoms with Gasteiger partial charge in [0.1, 0.15) is 0 Å². The van der Waals surface area contributed by atoms with Gasteiger partial charge < -0.3 is 0 Å². The van der Waals surface area contributed by atoms with Crippen LogP contribution < -0.4 is 21.2 Å². The van der Waals surface area contributed by atoms with Crippen LogP contribution in [0.5, 0.6) is 0 Å². The third-order valence-corrected chi connectivity index (χ3v) is 9.51. The molecule has 2 fully saturated rings. The van der Waals surface area contributed by atoms with Crippen molar-refractivity contribution in [3.05, 3.63) is 0 Å². The zero-order valence-electron chi connectivity index (χ0n) is 14.5. The number of carbonyl (C=O) groups is 1. The topological polar surface area (TPSA) is 23.6 Å². The molecule has 3 nitrogen and oxygen atoms in total. The number of carbonyl (C=O) groups excluding carboxylic acids is 1. The van der Waals surface area contributed by atoms with Crippen molar-refractivity contribution in [1.29, 1.82) is 0 Å². The second kappa shape index (κ2) is 9.45. The predicted molar refractivity (Wildman–Crippen MR) is 88.9 cm³/mol. The van der Waals surface area contributed by atoms with E-state index in [-0.39, 0.29) is 5.54 Å². The molecule has 0 saturated carbocycles. The van der Waals surface area contributed by atoms with Crippen molar-refractivity contribution in [3.63, 3.8) is 0 Å². The van der Waals surface area contributed by atoms with Crippen LogP contribution in [-0.4, -0.2) is 56.3 Å². The first-order chi connectivity index (χ1) is 10.7. The normalized spacial score (nSPS) is 25.6. The van der Waals surface area contributed by atoms with E-state index in [1.54, 1.807) is 0 Å².